The molecule has 232 valence electrons. The monoisotopic (exact) mass is 627 g/mol. The summed E-state index contributed by atoms with van der Waals surface area (Å²) in [6.45, 7) is 4.69. The maximum atomic E-state index is 6.85. The van der Waals surface area contributed by atoms with E-state index >= 15 is 0 Å². The van der Waals surface area contributed by atoms with E-state index in [-0.39, 0.29) is 5.41 Å². The SMILES string of the molecule is CC1(C)c2ccccc2-c2c(N(c3ccc(-c4cccc5ccccc45)cc3)c3cccc4c3oc3cc5ccccc5cc34)cccc21. The van der Waals surface area contributed by atoms with Gasteiger partial charge in [-0.2, -0.15) is 0 Å². The summed E-state index contributed by atoms with van der Waals surface area (Å²) in [5.41, 5.74) is 12.6. The van der Waals surface area contributed by atoms with Crippen LogP contribution in [-0.2, 0) is 5.41 Å². The highest BCUT2D eigenvalue weighted by molar-refractivity contribution is 6.14. The van der Waals surface area contributed by atoms with Crippen molar-refractivity contribution in [3.05, 3.63) is 175 Å². The number of rotatable bonds is 4. The highest BCUT2D eigenvalue weighted by Crippen LogP contribution is 2.55. The molecule has 0 fully saturated rings. The van der Waals surface area contributed by atoms with Crippen molar-refractivity contribution in [2.45, 2.75) is 19.3 Å². The molecule has 49 heavy (non-hydrogen) atoms. The number of benzene rings is 8. The summed E-state index contributed by atoms with van der Waals surface area (Å²) in [6, 6.07) is 59.4. The predicted molar refractivity (Wildman–Crippen MR) is 206 cm³/mol. The first-order chi connectivity index (χ1) is 24.1. The molecular weight excluding hydrogens is 595 g/mol. The summed E-state index contributed by atoms with van der Waals surface area (Å²) in [6.07, 6.45) is 0. The van der Waals surface area contributed by atoms with E-state index in [0.717, 1.165) is 39.0 Å². The van der Waals surface area contributed by atoms with Crippen molar-refractivity contribution in [2.75, 3.05) is 4.90 Å². The normalized spacial score (nSPS) is 13.3. The van der Waals surface area contributed by atoms with Gasteiger partial charge in [-0.1, -0.05) is 141 Å². The van der Waals surface area contributed by atoms with Crippen molar-refractivity contribution in [3.8, 4) is 22.3 Å². The minimum atomic E-state index is -0.114. The molecule has 1 aliphatic carbocycles. The average molecular weight is 628 g/mol. The molecule has 0 bridgehead atoms. The summed E-state index contributed by atoms with van der Waals surface area (Å²) in [4.78, 5) is 2.41. The van der Waals surface area contributed by atoms with E-state index in [0.29, 0.717) is 0 Å². The fraction of sp³-hybridized carbons (Fsp3) is 0.0638. The number of fused-ring (bicyclic) bond motifs is 8. The Morgan fingerprint density at radius 2 is 1.08 bits per heavy atom. The largest absolute Gasteiger partial charge is 0.454 e. The van der Waals surface area contributed by atoms with Gasteiger partial charge in [-0.15, -0.1) is 0 Å². The molecule has 0 saturated carbocycles. The van der Waals surface area contributed by atoms with Crippen molar-refractivity contribution < 1.29 is 4.42 Å². The van der Waals surface area contributed by atoms with Crippen LogP contribution in [0.15, 0.2) is 168 Å². The summed E-state index contributed by atoms with van der Waals surface area (Å²) in [5, 5.41) is 7.14. The van der Waals surface area contributed by atoms with Crippen LogP contribution in [0.5, 0.6) is 0 Å². The molecule has 0 radical (unpaired) electrons. The zero-order valence-electron chi connectivity index (χ0n) is 27.4. The van der Waals surface area contributed by atoms with Gasteiger partial charge in [0.25, 0.3) is 0 Å². The number of nitrogens with zero attached hydrogens (tertiary/aromatic N) is 1. The Morgan fingerprint density at radius 3 is 1.94 bits per heavy atom. The minimum absolute atomic E-state index is 0.114. The van der Waals surface area contributed by atoms with Crippen LogP contribution >= 0.6 is 0 Å². The van der Waals surface area contributed by atoms with Gasteiger partial charge in [-0.25, -0.2) is 0 Å². The highest BCUT2D eigenvalue weighted by Gasteiger charge is 2.38. The van der Waals surface area contributed by atoms with E-state index in [1.54, 1.807) is 0 Å². The van der Waals surface area contributed by atoms with Gasteiger partial charge in [0, 0.05) is 27.4 Å². The smallest absolute Gasteiger partial charge is 0.159 e. The molecule has 0 amide bonds. The van der Waals surface area contributed by atoms with Crippen molar-refractivity contribution in [3.63, 3.8) is 0 Å². The van der Waals surface area contributed by atoms with Crippen LogP contribution in [-0.4, -0.2) is 0 Å². The van der Waals surface area contributed by atoms with Gasteiger partial charge < -0.3 is 9.32 Å². The lowest BCUT2D eigenvalue weighted by molar-refractivity contribution is 0.660. The standard InChI is InChI=1S/C47H33NO/c1-47(2)40-20-8-7-17-38(40)45-41(47)21-11-22-42(45)48(34-26-24-31(25-27-34)36-18-9-15-30-12-5-6-16-35(30)36)43-23-10-19-37-39-28-32-13-3-4-14-33(32)29-44(39)49-46(37)43/h3-29H,1-2H3. The molecule has 8 aromatic carbocycles. The number of para-hydroxylation sites is 1. The lowest BCUT2D eigenvalue weighted by atomic mass is 9.82. The first kappa shape index (κ1) is 27.9. The maximum absolute atomic E-state index is 6.85. The zero-order valence-corrected chi connectivity index (χ0v) is 27.4. The van der Waals surface area contributed by atoms with Crippen molar-refractivity contribution in [1.29, 1.82) is 0 Å². The maximum Gasteiger partial charge on any atom is 0.159 e. The molecule has 0 unspecified atom stereocenters. The van der Waals surface area contributed by atoms with Gasteiger partial charge in [-0.05, 0) is 85.8 Å². The van der Waals surface area contributed by atoms with Crippen LogP contribution in [0.4, 0.5) is 17.1 Å². The summed E-state index contributed by atoms with van der Waals surface area (Å²) < 4.78 is 6.85. The Hall–Kier alpha value is -6.12. The first-order valence-electron chi connectivity index (χ1n) is 17.0. The molecule has 2 heteroatoms. The molecule has 0 N–H and O–H groups in total. The van der Waals surface area contributed by atoms with Crippen LogP contribution in [0.25, 0.3) is 65.7 Å². The summed E-state index contributed by atoms with van der Waals surface area (Å²) in [5.74, 6) is 0. The average Bonchev–Trinajstić information content (AvgIpc) is 3.63. The van der Waals surface area contributed by atoms with Gasteiger partial charge in [0.05, 0.1) is 11.4 Å². The Morgan fingerprint density at radius 1 is 0.469 bits per heavy atom. The molecule has 2 nitrogen and oxygen atoms in total. The third-order valence-electron chi connectivity index (χ3n) is 10.6. The van der Waals surface area contributed by atoms with Gasteiger partial charge in [0.1, 0.15) is 5.58 Å². The van der Waals surface area contributed by atoms with E-state index in [4.69, 9.17) is 4.42 Å². The molecule has 0 atom stereocenters. The molecule has 1 aliphatic rings. The van der Waals surface area contributed by atoms with E-state index in [9.17, 15) is 0 Å². The third-order valence-corrected chi connectivity index (χ3v) is 10.6. The van der Waals surface area contributed by atoms with Gasteiger partial charge in [0.2, 0.25) is 0 Å². The molecule has 9 aromatic rings. The second kappa shape index (κ2) is 10.4. The van der Waals surface area contributed by atoms with Crippen LogP contribution < -0.4 is 4.90 Å². The molecule has 10 rings (SSSR count). The molecular formula is C47H33NO. The Kier molecular flexibility index (Phi) is 5.95. The lowest BCUT2D eigenvalue weighted by Gasteiger charge is -2.29. The van der Waals surface area contributed by atoms with Gasteiger partial charge >= 0.3 is 0 Å². The number of anilines is 3. The molecule has 1 aromatic heterocycles. The van der Waals surface area contributed by atoms with E-state index < -0.39 is 0 Å². The van der Waals surface area contributed by atoms with Crippen LogP contribution in [0.2, 0.25) is 0 Å². The zero-order chi connectivity index (χ0) is 32.7. The minimum Gasteiger partial charge on any atom is -0.454 e. The van der Waals surface area contributed by atoms with Crippen molar-refractivity contribution >= 4 is 60.5 Å². The van der Waals surface area contributed by atoms with Crippen LogP contribution in [0.3, 0.4) is 0 Å². The van der Waals surface area contributed by atoms with E-state index in [1.807, 2.05) is 0 Å². The lowest BCUT2D eigenvalue weighted by Crippen LogP contribution is -2.16. The quantitative estimate of drug-likeness (QED) is 0.193. The van der Waals surface area contributed by atoms with Crippen LogP contribution in [0, 0.1) is 0 Å². The van der Waals surface area contributed by atoms with Crippen molar-refractivity contribution in [1.82, 2.24) is 0 Å². The second-order valence-electron chi connectivity index (χ2n) is 13.7. The molecule has 0 spiro atoms. The fourth-order valence-corrected chi connectivity index (χ4v) is 8.24. The van der Waals surface area contributed by atoms with Gasteiger partial charge in [0.15, 0.2) is 5.58 Å². The van der Waals surface area contributed by atoms with E-state index in [2.05, 4.69) is 183 Å². The highest BCUT2D eigenvalue weighted by atomic mass is 16.3. The van der Waals surface area contributed by atoms with Gasteiger partial charge in [-0.3, -0.25) is 0 Å². The fourth-order valence-electron chi connectivity index (χ4n) is 8.24. The van der Waals surface area contributed by atoms with Crippen molar-refractivity contribution in [2.24, 2.45) is 0 Å². The number of hydrogen-bond acceptors (Lipinski definition) is 2. The summed E-state index contributed by atoms with van der Waals surface area (Å²) in [7, 11) is 0. The van der Waals surface area contributed by atoms with Crippen LogP contribution in [0.1, 0.15) is 25.0 Å². The third kappa shape index (κ3) is 4.14. The number of furan rings is 1. The Balaban J connectivity index is 1.23. The topological polar surface area (TPSA) is 16.4 Å². The first-order valence-corrected chi connectivity index (χ1v) is 17.0. The molecule has 1 heterocycles. The number of hydrogen-bond donors (Lipinski definition) is 0. The predicted octanol–water partition coefficient (Wildman–Crippen LogP) is 13.3. The molecule has 0 saturated heterocycles. The Bertz CT molecular complexity index is 2740. The molecule has 0 aliphatic heterocycles. The Labute approximate surface area is 285 Å². The van der Waals surface area contributed by atoms with E-state index in [1.165, 1.54) is 54.9 Å². The summed E-state index contributed by atoms with van der Waals surface area (Å²) >= 11 is 0. The second-order valence-corrected chi connectivity index (χ2v) is 13.7.